The minimum absolute atomic E-state index is 0.0616. The lowest BCUT2D eigenvalue weighted by Gasteiger charge is -2.36. The van der Waals surface area contributed by atoms with Gasteiger partial charge in [-0.25, -0.2) is 0 Å². The van der Waals surface area contributed by atoms with Crippen LogP contribution in [0.5, 0.6) is 0 Å². The van der Waals surface area contributed by atoms with E-state index in [2.05, 4.69) is 30.9 Å². The maximum absolute atomic E-state index is 9.24. The Kier molecular flexibility index (Phi) is 5.54. The number of aryl methyl sites for hydroxylation is 1. The SMILES string of the molecule is Cc1ccccc1C(N)CCN1CC(C)OC(CO)C1. The molecule has 4 heteroatoms. The van der Waals surface area contributed by atoms with Crippen molar-refractivity contribution in [1.82, 2.24) is 4.90 Å². The molecule has 3 atom stereocenters. The van der Waals surface area contributed by atoms with Gasteiger partial charge < -0.3 is 15.6 Å². The lowest BCUT2D eigenvalue weighted by atomic mass is 9.99. The van der Waals surface area contributed by atoms with Gasteiger partial charge in [0.15, 0.2) is 0 Å². The van der Waals surface area contributed by atoms with Crippen LogP contribution in [0.1, 0.15) is 30.5 Å². The van der Waals surface area contributed by atoms with E-state index in [-0.39, 0.29) is 24.9 Å². The highest BCUT2D eigenvalue weighted by Crippen LogP contribution is 2.19. The lowest BCUT2D eigenvalue weighted by Crippen LogP contribution is -2.48. The molecule has 0 aliphatic carbocycles. The number of hydrogen-bond donors (Lipinski definition) is 2. The Labute approximate surface area is 121 Å². The zero-order chi connectivity index (χ0) is 14.5. The molecule has 1 aromatic carbocycles. The Bertz CT molecular complexity index is 425. The maximum atomic E-state index is 9.24. The molecule has 1 fully saturated rings. The van der Waals surface area contributed by atoms with Crippen molar-refractivity contribution in [3.63, 3.8) is 0 Å². The molecule has 0 bridgehead atoms. The first-order valence-electron chi connectivity index (χ1n) is 7.40. The zero-order valence-corrected chi connectivity index (χ0v) is 12.5. The van der Waals surface area contributed by atoms with Gasteiger partial charge in [-0.1, -0.05) is 24.3 Å². The molecule has 20 heavy (non-hydrogen) atoms. The summed E-state index contributed by atoms with van der Waals surface area (Å²) in [6, 6.07) is 8.37. The molecule has 0 amide bonds. The third-order valence-corrected chi connectivity index (χ3v) is 3.95. The molecular weight excluding hydrogens is 252 g/mol. The molecule has 1 saturated heterocycles. The first kappa shape index (κ1) is 15.4. The molecule has 0 radical (unpaired) electrons. The summed E-state index contributed by atoms with van der Waals surface area (Å²) in [7, 11) is 0. The molecule has 0 saturated carbocycles. The fraction of sp³-hybridized carbons (Fsp3) is 0.625. The molecular formula is C16H26N2O2. The lowest BCUT2D eigenvalue weighted by molar-refractivity contribution is -0.0954. The second-order valence-corrected chi connectivity index (χ2v) is 5.76. The van der Waals surface area contributed by atoms with Gasteiger partial charge in [-0.05, 0) is 31.4 Å². The Morgan fingerprint density at radius 2 is 2.15 bits per heavy atom. The van der Waals surface area contributed by atoms with Crippen molar-refractivity contribution in [2.75, 3.05) is 26.2 Å². The number of nitrogens with zero attached hydrogens (tertiary/aromatic N) is 1. The fourth-order valence-electron chi connectivity index (χ4n) is 2.90. The number of rotatable bonds is 5. The molecule has 3 N–H and O–H groups in total. The normalized spacial score (nSPS) is 25.6. The van der Waals surface area contributed by atoms with Crippen LogP contribution in [-0.4, -0.2) is 48.5 Å². The molecule has 1 aliphatic rings. The van der Waals surface area contributed by atoms with Crippen molar-refractivity contribution in [3.8, 4) is 0 Å². The van der Waals surface area contributed by atoms with E-state index < -0.39 is 0 Å². The van der Waals surface area contributed by atoms with Crippen LogP contribution in [0.15, 0.2) is 24.3 Å². The van der Waals surface area contributed by atoms with Crippen molar-refractivity contribution in [2.24, 2.45) is 5.73 Å². The molecule has 4 nitrogen and oxygen atoms in total. The van der Waals surface area contributed by atoms with E-state index in [9.17, 15) is 5.11 Å². The van der Waals surface area contributed by atoms with Gasteiger partial charge in [0.25, 0.3) is 0 Å². The van der Waals surface area contributed by atoms with Gasteiger partial charge in [-0.3, -0.25) is 4.90 Å². The topological polar surface area (TPSA) is 58.7 Å². The third-order valence-electron chi connectivity index (χ3n) is 3.95. The summed E-state index contributed by atoms with van der Waals surface area (Å²) in [6.07, 6.45) is 1.04. The van der Waals surface area contributed by atoms with Crippen molar-refractivity contribution in [1.29, 1.82) is 0 Å². The summed E-state index contributed by atoms with van der Waals surface area (Å²) in [4.78, 5) is 2.34. The van der Waals surface area contributed by atoms with Gasteiger partial charge in [-0.15, -0.1) is 0 Å². The van der Waals surface area contributed by atoms with Crippen LogP contribution in [0, 0.1) is 6.92 Å². The van der Waals surface area contributed by atoms with Gasteiger partial charge in [-0.2, -0.15) is 0 Å². The predicted octanol–water partition coefficient (Wildman–Crippen LogP) is 1.47. The number of morpholine rings is 1. The standard InChI is InChI=1S/C16H26N2O2/c1-12-5-3-4-6-15(12)16(17)7-8-18-9-13(2)20-14(10-18)11-19/h3-6,13-14,16,19H,7-11,17H2,1-2H3. The zero-order valence-electron chi connectivity index (χ0n) is 12.5. The van der Waals surface area contributed by atoms with E-state index in [0.717, 1.165) is 26.1 Å². The number of benzene rings is 1. The summed E-state index contributed by atoms with van der Waals surface area (Å²) in [5, 5.41) is 9.24. The molecule has 112 valence electrons. The van der Waals surface area contributed by atoms with Crippen LogP contribution in [0.3, 0.4) is 0 Å². The molecule has 2 rings (SSSR count). The minimum Gasteiger partial charge on any atom is -0.394 e. The van der Waals surface area contributed by atoms with E-state index in [1.54, 1.807) is 0 Å². The highest BCUT2D eigenvalue weighted by Gasteiger charge is 2.24. The minimum atomic E-state index is -0.0616. The van der Waals surface area contributed by atoms with Crippen LogP contribution in [0.25, 0.3) is 0 Å². The largest absolute Gasteiger partial charge is 0.394 e. The fourth-order valence-corrected chi connectivity index (χ4v) is 2.90. The van der Waals surface area contributed by atoms with Gasteiger partial charge in [0.05, 0.1) is 18.8 Å². The maximum Gasteiger partial charge on any atom is 0.0936 e. The van der Waals surface area contributed by atoms with Crippen LogP contribution >= 0.6 is 0 Å². The smallest absolute Gasteiger partial charge is 0.0936 e. The Morgan fingerprint density at radius 3 is 2.85 bits per heavy atom. The van der Waals surface area contributed by atoms with Crippen molar-refractivity contribution < 1.29 is 9.84 Å². The van der Waals surface area contributed by atoms with Gasteiger partial charge in [0, 0.05) is 25.7 Å². The number of aliphatic hydroxyl groups excluding tert-OH is 1. The van der Waals surface area contributed by atoms with Gasteiger partial charge in [0.1, 0.15) is 0 Å². The molecule has 3 unspecified atom stereocenters. The number of hydrogen-bond acceptors (Lipinski definition) is 4. The summed E-state index contributed by atoms with van der Waals surface area (Å²) in [5.41, 5.74) is 8.79. The van der Waals surface area contributed by atoms with E-state index >= 15 is 0 Å². The Morgan fingerprint density at radius 1 is 1.40 bits per heavy atom. The molecule has 0 spiro atoms. The molecule has 0 aromatic heterocycles. The van der Waals surface area contributed by atoms with Crippen molar-refractivity contribution >= 4 is 0 Å². The average molecular weight is 278 g/mol. The second-order valence-electron chi connectivity index (χ2n) is 5.76. The second kappa shape index (κ2) is 7.18. The van der Waals surface area contributed by atoms with E-state index in [1.807, 2.05) is 12.1 Å². The van der Waals surface area contributed by atoms with Crippen molar-refractivity contribution in [2.45, 2.75) is 38.5 Å². The highest BCUT2D eigenvalue weighted by molar-refractivity contribution is 5.28. The first-order valence-corrected chi connectivity index (χ1v) is 7.40. The predicted molar refractivity (Wildman–Crippen MR) is 80.6 cm³/mol. The van der Waals surface area contributed by atoms with Gasteiger partial charge in [0.2, 0.25) is 0 Å². The van der Waals surface area contributed by atoms with Crippen LogP contribution in [-0.2, 0) is 4.74 Å². The summed E-state index contributed by atoms with van der Waals surface area (Å²) in [5.74, 6) is 0. The van der Waals surface area contributed by atoms with E-state index in [4.69, 9.17) is 10.5 Å². The summed E-state index contributed by atoms with van der Waals surface area (Å²) >= 11 is 0. The highest BCUT2D eigenvalue weighted by atomic mass is 16.5. The van der Waals surface area contributed by atoms with E-state index in [0.29, 0.717) is 0 Å². The van der Waals surface area contributed by atoms with Crippen LogP contribution < -0.4 is 5.73 Å². The quantitative estimate of drug-likeness (QED) is 0.856. The summed E-state index contributed by atoms with van der Waals surface area (Å²) in [6.45, 7) is 6.90. The average Bonchev–Trinajstić information content (AvgIpc) is 2.44. The van der Waals surface area contributed by atoms with E-state index in [1.165, 1.54) is 11.1 Å². The first-order chi connectivity index (χ1) is 9.60. The van der Waals surface area contributed by atoms with Crippen molar-refractivity contribution in [3.05, 3.63) is 35.4 Å². The molecule has 1 aliphatic heterocycles. The number of nitrogens with two attached hydrogens (primary N) is 1. The van der Waals surface area contributed by atoms with Crippen LogP contribution in [0.4, 0.5) is 0 Å². The van der Waals surface area contributed by atoms with Gasteiger partial charge >= 0.3 is 0 Å². The number of ether oxygens (including phenoxy) is 1. The third kappa shape index (κ3) is 4.03. The molecule has 1 heterocycles. The van der Waals surface area contributed by atoms with Crippen LogP contribution in [0.2, 0.25) is 0 Å². The monoisotopic (exact) mass is 278 g/mol. The molecule has 1 aromatic rings. The number of aliphatic hydroxyl groups is 1. The summed E-state index contributed by atoms with van der Waals surface area (Å²) < 4.78 is 5.65. The Hall–Kier alpha value is -0.940. The Balaban J connectivity index is 1.87.